The number of carbonyl (C=O) groups is 1. The maximum atomic E-state index is 10.5. The van der Waals surface area contributed by atoms with Crippen molar-refractivity contribution in [2.45, 2.75) is 50.4 Å². The van der Waals surface area contributed by atoms with Crippen LogP contribution in [-0.2, 0) is 4.79 Å². The zero-order valence-corrected chi connectivity index (χ0v) is 17.0. The molecule has 0 spiro atoms. The fraction of sp³-hybridized carbons (Fsp3) is 0.500. The Labute approximate surface area is 176 Å². The van der Waals surface area contributed by atoms with Crippen LogP contribution in [0, 0.1) is 11.8 Å². The van der Waals surface area contributed by atoms with E-state index in [-0.39, 0.29) is 24.9 Å². The van der Waals surface area contributed by atoms with Gasteiger partial charge >= 0.3 is 5.97 Å². The molecule has 7 heteroatoms. The van der Waals surface area contributed by atoms with E-state index in [9.17, 15) is 20.1 Å². The molecular weight excluding hydrogens is 396 g/mol. The van der Waals surface area contributed by atoms with Gasteiger partial charge in [-0.1, -0.05) is 42.0 Å². The molecule has 0 radical (unpaired) electrons. The van der Waals surface area contributed by atoms with Crippen LogP contribution in [0.3, 0.4) is 0 Å². The quantitative estimate of drug-likeness (QED) is 0.321. The highest BCUT2D eigenvalue weighted by molar-refractivity contribution is 6.30. The first-order valence-electron chi connectivity index (χ1n) is 9.84. The minimum Gasteiger partial charge on any atom is -0.491 e. The van der Waals surface area contributed by atoms with Crippen molar-refractivity contribution < 1.29 is 30.0 Å². The van der Waals surface area contributed by atoms with Crippen LogP contribution in [0.2, 0.25) is 5.02 Å². The predicted molar refractivity (Wildman–Crippen MR) is 111 cm³/mol. The van der Waals surface area contributed by atoms with Gasteiger partial charge in [0.15, 0.2) is 0 Å². The summed E-state index contributed by atoms with van der Waals surface area (Å²) in [4.78, 5) is 10.5. The molecule has 1 saturated carbocycles. The second kappa shape index (κ2) is 12.0. The summed E-state index contributed by atoms with van der Waals surface area (Å²) in [6.45, 7) is 0.0519. The van der Waals surface area contributed by atoms with Gasteiger partial charge in [0, 0.05) is 23.8 Å². The molecule has 29 heavy (non-hydrogen) atoms. The second-order valence-electron chi connectivity index (χ2n) is 7.33. The maximum absolute atomic E-state index is 10.5. The number of aliphatic hydroxyl groups excluding tert-OH is 3. The van der Waals surface area contributed by atoms with Crippen molar-refractivity contribution in [2.75, 3.05) is 6.61 Å². The van der Waals surface area contributed by atoms with Crippen LogP contribution >= 0.6 is 11.6 Å². The van der Waals surface area contributed by atoms with Crippen LogP contribution in [0.1, 0.15) is 32.1 Å². The van der Waals surface area contributed by atoms with Gasteiger partial charge in [-0.15, -0.1) is 0 Å². The van der Waals surface area contributed by atoms with Crippen molar-refractivity contribution in [3.8, 4) is 5.75 Å². The van der Waals surface area contributed by atoms with Crippen LogP contribution in [-0.4, -0.2) is 51.3 Å². The molecule has 1 fully saturated rings. The molecule has 5 atom stereocenters. The standard InChI is InChI=1S/C22H29ClO6/c23-15-6-5-7-17(12-15)29-14-16(24)10-11-19-18(20(25)13-21(19)26)8-3-1-2-4-9-22(27)28/h1,3,5-7,10-12,16,18-21,24-26H,2,4,8-9,13-14H2,(H,27,28)/b3-1?,11-10+. The molecule has 0 saturated heterocycles. The van der Waals surface area contributed by atoms with Gasteiger partial charge in [-0.05, 0) is 43.4 Å². The van der Waals surface area contributed by atoms with Gasteiger partial charge in [0.1, 0.15) is 18.5 Å². The summed E-state index contributed by atoms with van der Waals surface area (Å²) in [6, 6.07) is 6.90. The van der Waals surface area contributed by atoms with Gasteiger partial charge in [0.2, 0.25) is 0 Å². The molecule has 1 aromatic rings. The lowest BCUT2D eigenvalue weighted by Gasteiger charge is -2.19. The molecule has 160 valence electrons. The van der Waals surface area contributed by atoms with Crippen LogP contribution in [0.25, 0.3) is 0 Å². The number of ether oxygens (including phenoxy) is 1. The molecule has 1 aliphatic carbocycles. The topological polar surface area (TPSA) is 107 Å². The molecule has 1 aliphatic rings. The number of allylic oxidation sites excluding steroid dienone is 2. The van der Waals surface area contributed by atoms with Gasteiger partial charge in [-0.25, -0.2) is 0 Å². The van der Waals surface area contributed by atoms with Crippen molar-refractivity contribution in [2.24, 2.45) is 11.8 Å². The lowest BCUT2D eigenvalue weighted by atomic mass is 9.89. The highest BCUT2D eigenvalue weighted by Gasteiger charge is 2.39. The number of rotatable bonds is 11. The minimum atomic E-state index is -0.855. The number of hydrogen-bond donors (Lipinski definition) is 4. The predicted octanol–water partition coefficient (Wildman–Crippen LogP) is 3.20. The summed E-state index contributed by atoms with van der Waals surface area (Å²) < 4.78 is 5.51. The number of carboxylic acid groups (broad SMARTS) is 1. The summed E-state index contributed by atoms with van der Waals surface area (Å²) in [6.07, 6.45) is 7.26. The Kier molecular flexibility index (Phi) is 9.67. The van der Waals surface area contributed by atoms with Crippen molar-refractivity contribution >= 4 is 17.6 Å². The van der Waals surface area contributed by atoms with Gasteiger partial charge in [0.05, 0.1) is 12.2 Å². The third-order valence-electron chi connectivity index (χ3n) is 5.02. The Hall–Kier alpha value is -1.86. The Balaban J connectivity index is 1.83. The number of carboxylic acids is 1. The molecule has 6 nitrogen and oxygen atoms in total. The monoisotopic (exact) mass is 424 g/mol. The van der Waals surface area contributed by atoms with Crippen molar-refractivity contribution in [3.63, 3.8) is 0 Å². The molecule has 1 aromatic carbocycles. The summed E-state index contributed by atoms with van der Waals surface area (Å²) in [5.74, 6) is -0.671. The third-order valence-corrected chi connectivity index (χ3v) is 5.26. The normalized spacial score (nSPS) is 25.7. The number of hydrogen-bond acceptors (Lipinski definition) is 5. The lowest BCUT2D eigenvalue weighted by molar-refractivity contribution is -0.137. The molecule has 0 aliphatic heterocycles. The SMILES string of the molecule is O=C(O)CCCC=CCC1C(O)CC(O)C1/C=C/C(O)COc1cccc(Cl)c1. The molecule has 4 N–H and O–H groups in total. The van der Waals surface area contributed by atoms with E-state index >= 15 is 0 Å². The summed E-state index contributed by atoms with van der Waals surface area (Å²) >= 11 is 5.90. The zero-order chi connectivity index (χ0) is 21.2. The van der Waals surface area contributed by atoms with E-state index in [0.717, 1.165) is 0 Å². The smallest absolute Gasteiger partial charge is 0.303 e. The highest BCUT2D eigenvalue weighted by Crippen LogP contribution is 2.36. The number of benzene rings is 1. The Bertz CT molecular complexity index is 704. The molecule has 0 heterocycles. The fourth-order valence-electron chi connectivity index (χ4n) is 3.50. The molecule has 0 aromatic heterocycles. The number of aliphatic carboxylic acids is 1. The third kappa shape index (κ3) is 8.19. The molecule has 5 unspecified atom stereocenters. The average Bonchev–Trinajstić information content (AvgIpc) is 2.93. The number of aliphatic hydroxyl groups is 3. The molecular formula is C22H29ClO6. The minimum absolute atomic E-state index is 0.0519. The van der Waals surface area contributed by atoms with Crippen molar-refractivity contribution in [1.82, 2.24) is 0 Å². The van der Waals surface area contributed by atoms with E-state index in [0.29, 0.717) is 36.5 Å². The number of unbranched alkanes of at least 4 members (excludes halogenated alkanes) is 1. The largest absolute Gasteiger partial charge is 0.491 e. The van der Waals surface area contributed by atoms with Gasteiger partial charge in [0.25, 0.3) is 0 Å². The van der Waals surface area contributed by atoms with Gasteiger partial charge in [-0.3, -0.25) is 4.79 Å². The summed E-state index contributed by atoms with van der Waals surface area (Å²) in [7, 11) is 0. The average molecular weight is 425 g/mol. The van der Waals surface area contributed by atoms with E-state index in [2.05, 4.69) is 0 Å². The van der Waals surface area contributed by atoms with E-state index in [1.807, 2.05) is 12.2 Å². The Morgan fingerprint density at radius 2 is 2.07 bits per heavy atom. The van der Waals surface area contributed by atoms with Gasteiger partial charge in [-0.2, -0.15) is 0 Å². The van der Waals surface area contributed by atoms with E-state index in [1.54, 1.807) is 36.4 Å². The first-order chi connectivity index (χ1) is 13.9. The summed E-state index contributed by atoms with van der Waals surface area (Å²) in [5.41, 5.74) is 0. The van der Waals surface area contributed by atoms with Crippen molar-refractivity contribution in [1.29, 1.82) is 0 Å². The Morgan fingerprint density at radius 3 is 2.79 bits per heavy atom. The van der Waals surface area contributed by atoms with Crippen LogP contribution in [0.15, 0.2) is 48.6 Å². The van der Waals surface area contributed by atoms with E-state index < -0.39 is 24.3 Å². The zero-order valence-electron chi connectivity index (χ0n) is 16.2. The van der Waals surface area contributed by atoms with Crippen molar-refractivity contribution in [3.05, 3.63) is 53.6 Å². The highest BCUT2D eigenvalue weighted by atomic mass is 35.5. The first-order valence-corrected chi connectivity index (χ1v) is 10.2. The molecule has 0 bridgehead atoms. The van der Waals surface area contributed by atoms with E-state index in [4.69, 9.17) is 21.4 Å². The summed E-state index contributed by atoms with van der Waals surface area (Å²) in [5, 5.41) is 39.8. The van der Waals surface area contributed by atoms with Crippen LogP contribution in [0.5, 0.6) is 5.75 Å². The van der Waals surface area contributed by atoms with Crippen LogP contribution in [0.4, 0.5) is 0 Å². The van der Waals surface area contributed by atoms with E-state index in [1.165, 1.54) is 0 Å². The lowest BCUT2D eigenvalue weighted by Crippen LogP contribution is -2.21. The molecule has 2 rings (SSSR count). The maximum Gasteiger partial charge on any atom is 0.303 e. The Morgan fingerprint density at radius 1 is 1.28 bits per heavy atom. The van der Waals surface area contributed by atoms with Gasteiger partial charge < -0.3 is 25.2 Å². The molecule has 0 amide bonds. The van der Waals surface area contributed by atoms with Crippen LogP contribution < -0.4 is 4.74 Å². The number of halogens is 1. The second-order valence-corrected chi connectivity index (χ2v) is 7.76. The fourth-order valence-corrected chi connectivity index (χ4v) is 3.68. The first kappa shape index (κ1) is 23.4.